The molecule has 0 saturated carbocycles. The van der Waals surface area contributed by atoms with Crippen LogP contribution >= 0.6 is 85.6 Å². The van der Waals surface area contributed by atoms with Crippen LogP contribution in [0, 0.1) is 0 Å². The second-order valence-electron chi connectivity index (χ2n) is 8.27. The minimum absolute atomic E-state index is 0. The van der Waals surface area contributed by atoms with Crippen LogP contribution in [0.2, 0.25) is 0 Å². The van der Waals surface area contributed by atoms with Gasteiger partial charge in [0.25, 0.3) is 0 Å². The molecule has 0 aliphatic rings. The van der Waals surface area contributed by atoms with Crippen molar-refractivity contribution in [2.75, 3.05) is 0 Å². The predicted molar refractivity (Wildman–Crippen MR) is 159 cm³/mol. The molecule has 0 atom stereocenters. The summed E-state index contributed by atoms with van der Waals surface area (Å²) in [6.45, 7) is 22.6. The second-order valence-corrected chi connectivity index (χ2v) is 32.4. The smallest absolute Gasteiger partial charge is 0.784 e. The summed E-state index contributed by atoms with van der Waals surface area (Å²) in [6, 6.07) is 0. The molecular weight excluding hydrogens is 653 g/mol. The standard InChI is InChI=1S/3C6H15O2PS2.Fe/c3*1-5(2)10-9(7,8)11-6(3)4;/h3*5-6H,1-4H3,(H,7,8);/q;;;+3/p-3. The summed E-state index contributed by atoms with van der Waals surface area (Å²) in [5.74, 6) is -9.66. The van der Waals surface area contributed by atoms with E-state index in [-0.39, 0.29) is 48.6 Å². The summed E-state index contributed by atoms with van der Waals surface area (Å²) in [5.41, 5.74) is 0. The molecule has 0 fully saturated rings. The molecule has 0 unspecified atom stereocenters. The molecule has 34 heavy (non-hydrogen) atoms. The van der Waals surface area contributed by atoms with Crippen molar-refractivity contribution in [1.29, 1.82) is 0 Å². The van der Waals surface area contributed by atoms with Crippen LogP contribution in [0.1, 0.15) is 83.1 Å². The number of hydrogen-bond donors (Lipinski definition) is 0. The monoisotopic (exact) mass is 695 g/mol. The van der Waals surface area contributed by atoms with Crippen molar-refractivity contribution in [3.8, 4) is 0 Å². The molecule has 0 bridgehead atoms. The van der Waals surface area contributed by atoms with Crippen LogP contribution in [0.5, 0.6) is 0 Å². The van der Waals surface area contributed by atoms with Gasteiger partial charge in [0.05, 0.1) is 0 Å². The van der Waals surface area contributed by atoms with Crippen molar-refractivity contribution in [3.05, 3.63) is 0 Å². The fourth-order valence-electron chi connectivity index (χ4n) is 1.62. The van der Waals surface area contributed by atoms with E-state index in [1.54, 1.807) is 0 Å². The first kappa shape index (κ1) is 44.2. The van der Waals surface area contributed by atoms with Gasteiger partial charge in [0.1, 0.15) is 17.3 Å². The number of hydrogen-bond acceptors (Lipinski definition) is 12. The molecule has 0 aromatic carbocycles. The van der Waals surface area contributed by atoms with Gasteiger partial charge in [-0.3, -0.25) is 0 Å². The molecule has 0 saturated heterocycles. The van der Waals surface area contributed by atoms with Gasteiger partial charge >= 0.3 is 17.1 Å². The summed E-state index contributed by atoms with van der Waals surface area (Å²) in [6.07, 6.45) is 0. The first-order valence-electron chi connectivity index (χ1n) is 10.5. The fraction of sp³-hybridized carbons (Fsp3) is 1.00. The van der Waals surface area contributed by atoms with Gasteiger partial charge in [-0.25, -0.2) is 0 Å². The quantitative estimate of drug-likeness (QED) is 0.145. The largest absolute Gasteiger partial charge is 3.00 e. The van der Waals surface area contributed by atoms with Crippen molar-refractivity contribution < 1.29 is 45.4 Å². The molecule has 0 aliphatic heterocycles. The first-order valence-corrected chi connectivity index (χ1v) is 24.3. The predicted octanol–water partition coefficient (Wildman–Crippen LogP) is 8.21. The van der Waals surface area contributed by atoms with Crippen molar-refractivity contribution in [2.45, 2.75) is 115 Å². The Balaban J connectivity index is -0.000000196. The Labute approximate surface area is 243 Å². The number of rotatable bonds is 12. The third kappa shape index (κ3) is 37.3. The zero-order valence-corrected chi connectivity index (χ0v) is 30.7. The topological polar surface area (TPSA) is 120 Å². The van der Waals surface area contributed by atoms with Crippen LogP contribution in [0.15, 0.2) is 0 Å². The van der Waals surface area contributed by atoms with E-state index < -0.39 is 17.3 Å². The van der Waals surface area contributed by atoms with Crippen LogP contribution in [-0.4, -0.2) is 31.5 Å². The summed E-state index contributed by atoms with van der Waals surface area (Å²) in [5, 5.41) is 0.942. The maximum atomic E-state index is 11.2. The molecule has 16 heteroatoms. The van der Waals surface area contributed by atoms with Crippen LogP contribution in [0.4, 0.5) is 0 Å². The Bertz CT molecular complexity index is 526. The Hall–Kier alpha value is 3.19. The molecule has 0 aliphatic carbocycles. The summed E-state index contributed by atoms with van der Waals surface area (Å²) in [7, 11) is 0. The normalized spacial score (nSPS) is 12.6. The Morgan fingerprint density at radius 1 is 0.382 bits per heavy atom. The Morgan fingerprint density at radius 2 is 0.471 bits per heavy atom. The third-order valence-electron chi connectivity index (χ3n) is 2.04. The molecule has 0 spiro atoms. The van der Waals surface area contributed by atoms with Crippen LogP contribution in [0.25, 0.3) is 0 Å². The summed E-state index contributed by atoms with van der Waals surface area (Å²) >= 11 is 6.29. The Morgan fingerprint density at radius 3 is 0.529 bits per heavy atom. The van der Waals surface area contributed by atoms with E-state index in [2.05, 4.69) is 0 Å². The molecule has 0 aromatic heterocycles. The minimum atomic E-state index is -3.22. The molecule has 1 radical (unpaired) electrons. The van der Waals surface area contributed by atoms with Crippen molar-refractivity contribution in [3.63, 3.8) is 0 Å². The van der Waals surface area contributed by atoms with Gasteiger partial charge in [-0.05, 0) is 0 Å². The molecule has 0 heterocycles. The second kappa shape index (κ2) is 21.9. The van der Waals surface area contributed by atoms with E-state index in [1.807, 2.05) is 83.1 Å². The van der Waals surface area contributed by atoms with Crippen molar-refractivity contribution >= 4 is 85.6 Å². The first-order chi connectivity index (χ1) is 14.5. The molecule has 0 rings (SSSR count). The SMILES string of the molecule is CC(C)SP(=O)([O-])SC(C)C.CC(C)SP(=O)([O-])SC(C)C.CC(C)SP(=O)([O-])SC(C)C.[Fe+3]. The van der Waals surface area contributed by atoms with Crippen LogP contribution in [0.3, 0.4) is 0 Å². The summed E-state index contributed by atoms with van der Waals surface area (Å²) < 4.78 is 33.6. The molecular formula is C18H42FeO6P3S6. The fourth-order valence-corrected chi connectivity index (χ4v) is 25.3. The molecule has 0 aromatic rings. The van der Waals surface area contributed by atoms with E-state index in [0.29, 0.717) is 0 Å². The third-order valence-corrected chi connectivity index (χ3v) is 23.0. The van der Waals surface area contributed by atoms with Gasteiger partial charge in [0, 0.05) is 31.5 Å². The Kier molecular flexibility index (Phi) is 28.5. The van der Waals surface area contributed by atoms with Gasteiger partial charge in [-0.1, -0.05) is 151 Å². The average Bonchev–Trinajstić information content (AvgIpc) is 2.38. The maximum absolute atomic E-state index is 11.2. The van der Waals surface area contributed by atoms with E-state index in [0.717, 1.165) is 68.3 Å². The van der Waals surface area contributed by atoms with Crippen LogP contribution in [-0.2, 0) is 30.8 Å². The zero-order chi connectivity index (χ0) is 27.2. The van der Waals surface area contributed by atoms with Gasteiger partial charge < -0.3 is 28.4 Å². The molecule has 0 N–H and O–H groups in total. The molecule has 0 amide bonds. The van der Waals surface area contributed by atoms with Crippen LogP contribution < -0.4 is 14.7 Å². The van der Waals surface area contributed by atoms with Gasteiger partial charge in [-0.2, -0.15) is 0 Å². The minimum Gasteiger partial charge on any atom is -0.784 e. The van der Waals surface area contributed by atoms with Gasteiger partial charge in [0.2, 0.25) is 0 Å². The molecule has 6 nitrogen and oxygen atoms in total. The summed E-state index contributed by atoms with van der Waals surface area (Å²) in [4.78, 5) is 33.6. The van der Waals surface area contributed by atoms with E-state index in [9.17, 15) is 28.4 Å². The van der Waals surface area contributed by atoms with E-state index >= 15 is 0 Å². The van der Waals surface area contributed by atoms with E-state index in [4.69, 9.17) is 0 Å². The van der Waals surface area contributed by atoms with Gasteiger partial charge in [-0.15, -0.1) is 0 Å². The van der Waals surface area contributed by atoms with E-state index in [1.165, 1.54) is 0 Å². The zero-order valence-electron chi connectivity index (χ0n) is 22.1. The van der Waals surface area contributed by atoms with Gasteiger partial charge in [0.15, 0.2) is 0 Å². The average molecular weight is 696 g/mol. The maximum Gasteiger partial charge on any atom is 3.00 e. The van der Waals surface area contributed by atoms with Crippen molar-refractivity contribution in [1.82, 2.24) is 0 Å². The van der Waals surface area contributed by atoms with Crippen molar-refractivity contribution in [2.24, 2.45) is 0 Å². The molecule has 209 valence electrons.